The molecule has 2 aromatic rings. The molecule has 1 unspecified atom stereocenters. The van der Waals surface area contributed by atoms with Crippen LogP contribution in [0.4, 0.5) is 0 Å². The summed E-state index contributed by atoms with van der Waals surface area (Å²) in [6.07, 6.45) is 5.74. The summed E-state index contributed by atoms with van der Waals surface area (Å²) in [5.74, 6) is -0.0531. The van der Waals surface area contributed by atoms with Crippen molar-refractivity contribution >= 4 is 29.9 Å². The molecule has 2 saturated heterocycles. The standard InChI is InChI=1S/C18H22ClN5O.ClH/c19-15-5-2-1-4-14(15)17-6-3-11-23(17)18(25)16-12-24(22-21-16)13-7-9-20-10-8-13;/h1-2,4-5,12-13,17,20H,3,6-11H2;1H. The Kier molecular flexibility index (Phi) is 6.16. The maximum Gasteiger partial charge on any atom is 0.276 e. The molecule has 2 fully saturated rings. The molecule has 0 radical (unpaired) electrons. The van der Waals surface area contributed by atoms with Gasteiger partial charge in [-0.05, 0) is 50.4 Å². The SMILES string of the molecule is Cl.O=C(c1cn(C2CCNCC2)nn1)N1CCCC1c1ccccc1Cl. The van der Waals surface area contributed by atoms with Gasteiger partial charge in [0.25, 0.3) is 5.91 Å². The van der Waals surface area contributed by atoms with Crippen LogP contribution in [-0.4, -0.2) is 45.4 Å². The summed E-state index contributed by atoms with van der Waals surface area (Å²) < 4.78 is 1.86. The number of aromatic nitrogens is 3. The van der Waals surface area contributed by atoms with E-state index < -0.39 is 0 Å². The van der Waals surface area contributed by atoms with Crippen LogP contribution in [0.1, 0.15) is 53.8 Å². The van der Waals surface area contributed by atoms with Crippen LogP contribution in [0.2, 0.25) is 5.02 Å². The van der Waals surface area contributed by atoms with Crippen molar-refractivity contribution in [1.82, 2.24) is 25.2 Å². The number of carbonyl (C=O) groups is 1. The zero-order chi connectivity index (χ0) is 17.2. The lowest BCUT2D eigenvalue weighted by Gasteiger charge is -2.25. The minimum atomic E-state index is -0.0531. The number of likely N-dealkylation sites (tertiary alicyclic amines) is 1. The molecule has 6 nitrogen and oxygen atoms in total. The lowest BCUT2D eigenvalue weighted by Crippen LogP contribution is -2.31. The number of piperidine rings is 1. The van der Waals surface area contributed by atoms with Gasteiger partial charge in [-0.1, -0.05) is 35.0 Å². The van der Waals surface area contributed by atoms with Crippen molar-refractivity contribution in [3.63, 3.8) is 0 Å². The largest absolute Gasteiger partial charge is 0.330 e. The van der Waals surface area contributed by atoms with Gasteiger partial charge in [-0.15, -0.1) is 17.5 Å². The van der Waals surface area contributed by atoms with Crippen molar-refractivity contribution in [2.45, 2.75) is 37.8 Å². The first-order chi connectivity index (χ1) is 12.2. The molecule has 8 heteroatoms. The van der Waals surface area contributed by atoms with Crippen LogP contribution in [0.15, 0.2) is 30.5 Å². The average molecular weight is 396 g/mol. The minimum absolute atomic E-state index is 0. The number of halogens is 2. The third kappa shape index (κ3) is 3.72. The van der Waals surface area contributed by atoms with E-state index >= 15 is 0 Å². The lowest BCUT2D eigenvalue weighted by atomic mass is 10.0. The molecule has 1 aromatic carbocycles. The number of hydrogen-bond donors (Lipinski definition) is 1. The number of nitrogens with zero attached hydrogens (tertiary/aromatic N) is 4. The van der Waals surface area contributed by atoms with E-state index in [0.717, 1.165) is 50.9 Å². The molecule has 0 bridgehead atoms. The topological polar surface area (TPSA) is 63.1 Å². The Hall–Kier alpha value is -1.63. The van der Waals surface area contributed by atoms with Crippen LogP contribution in [0.5, 0.6) is 0 Å². The number of amides is 1. The van der Waals surface area contributed by atoms with Crippen LogP contribution in [0, 0.1) is 0 Å². The molecule has 1 amide bonds. The summed E-state index contributed by atoms with van der Waals surface area (Å²) in [6, 6.07) is 8.11. The van der Waals surface area contributed by atoms with E-state index in [-0.39, 0.29) is 24.4 Å². The van der Waals surface area contributed by atoms with Crippen molar-refractivity contribution in [2.24, 2.45) is 0 Å². The molecule has 140 valence electrons. The predicted molar refractivity (Wildman–Crippen MR) is 103 cm³/mol. The van der Waals surface area contributed by atoms with E-state index in [1.807, 2.05) is 33.8 Å². The number of carbonyl (C=O) groups excluding carboxylic acids is 1. The highest BCUT2D eigenvalue weighted by Gasteiger charge is 2.33. The average Bonchev–Trinajstić information content (AvgIpc) is 3.32. The van der Waals surface area contributed by atoms with Gasteiger partial charge in [-0.25, -0.2) is 4.68 Å². The Morgan fingerprint density at radius 1 is 1.19 bits per heavy atom. The maximum absolute atomic E-state index is 13.0. The van der Waals surface area contributed by atoms with Crippen molar-refractivity contribution in [3.05, 3.63) is 46.7 Å². The second-order valence-electron chi connectivity index (χ2n) is 6.74. The number of nitrogens with one attached hydrogen (secondary N) is 1. The van der Waals surface area contributed by atoms with Crippen molar-refractivity contribution < 1.29 is 4.79 Å². The van der Waals surface area contributed by atoms with Crippen molar-refractivity contribution in [3.8, 4) is 0 Å². The molecule has 1 aromatic heterocycles. The molecule has 26 heavy (non-hydrogen) atoms. The summed E-state index contributed by atoms with van der Waals surface area (Å²) in [6.45, 7) is 2.69. The first kappa shape index (κ1) is 19.1. The first-order valence-corrected chi connectivity index (χ1v) is 9.30. The van der Waals surface area contributed by atoms with Gasteiger partial charge in [0, 0.05) is 11.6 Å². The highest BCUT2D eigenvalue weighted by Crippen LogP contribution is 2.36. The van der Waals surface area contributed by atoms with E-state index in [1.165, 1.54) is 0 Å². The third-order valence-corrected chi connectivity index (χ3v) is 5.53. The Bertz CT molecular complexity index is 760. The smallest absolute Gasteiger partial charge is 0.276 e. The Balaban J connectivity index is 0.00000196. The Labute approximate surface area is 164 Å². The molecule has 1 atom stereocenters. The predicted octanol–water partition coefficient (Wildman–Crippen LogP) is 3.26. The molecule has 1 N–H and O–H groups in total. The van der Waals surface area contributed by atoms with Gasteiger partial charge in [0.1, 0.15) is 0 Å². The second kappa shape index (κ2) is 8.37. The van der Waals surface area contributed by atoms with E-state index in [9.17, 15) is 4.79 Å². The molecule has 0 spiro atoms. The maximum atomic E-state index is 13.0. The van der Waals surface area contributed by atoms with Crippen LogP contribution >= 0.6 is 24.0 Å². The Morgan fingerprint density at radius 3 is 2.73 bits per heavy atom. The van der Waals surface area contributed by atoms with Crippen molar-refractivity contribution in [1.29, 1.82) is 0 Å². The molecular weight excluding hydrogens is 373 g/mol. The molecular formula is C18H23Cl2N5O. The molecule has 0 saturated carbocycles. The van der Waals surface area contributed by atoms with E-state index in [0.29, 0.717) is 16.8 Å². The van der Waals surface area contributed by atoms with E-state index in [1.54, 1.807) is 6.20 Å². The quantitative estimate of drug-likeness (QED) is 0.865. The summed E-state index contributed by atoms with van der Waals surface area (Å²) in [5.41, 5.74) is 1.44. The van der Waals surface area contributed by atoms with E-state index in [2.05, 4.69) is 15.6 Å². The third-order valence-electron chi connectivity index (χ3n) is 5.19. The number of rotatable bonds is 3. The summed E-state index contributed by atoms with van der Waals surface area (Å²) in [7, 11) is 0. The number of hydrogen-bond acceptors (Lipinski definition) is 4. The van der Waals surface area contributed by atoms with Crippen LogP contribution in [-0.2, 0) is 0 Å². The van der Waals surface area contributed by atoms with Crippen LogP contribution in [0.25, 0.3) is 0 Å². The fraction of sp³-hybridized carbons (Fsp3) is 0.500. The molecule has 2 aliphatic heterocycles. The van der Waals surface area contributed by atoms with Crippen LogP contribution in [0.3, 0.4) is 0 Å². The monoisotopic (exact) mass is 395 g/mol. The summed E-state index contributed by atoms with van der Waals surface area (Å²) >= 11 is 6.35. The van der Waals surface area contributed by atoms with Gasteiger partial charge in [0.2, 0.25) is 0 Å². The summed E-state index contributed by atoms with van der Waals surface area (Å²) in [5, 5.41) is 12.4. The fourth-order valence-electron chi connectivity index (χ4n) is 3.85. The number of benzene rings is 1. The second-order valence-corrected chi connectivity index (χ2v) is 7.15. The van der Waals surface area contributed by atoms with Gasteiger partial charge >= 0.3 is 0 Å². The van der Waals surface area contributed by atoms with Gasteiger partial charge in [-0.2, -0.15) is 0 Å². The fourth-order valence-corrected chi connectivity index (χ4v) is 4.11. The molecule has 3 heterocycles. The van der Waals surface area contributed by atoms with Gasteiger partial charge in [0.15, 0.2) is 5.69 Å². The highest BCUT2D eigenvalue weighted by molar-refractivity contribution is 6.31. The van der Waals surface area contributed by atoms with E-state index in [4.69, 9.17) is 11.6 Å². The normalized spacial score (nSPS) is 20.8. The molecule has 2 aliphatic rings. The Morgan fingerprint density at radius 2 is 1.96 bits per heavy atom. The lowest BCUT2D eigenvalue weighted by molar-refractivity contribution is 0.0729. The zero-order valence-corrected chi connectivity index (χ0v) is 16.0. The minimum Gasteiger partial charge on any atom is -0.330 e. The first-order valence-electron chi connectivity index (χ1n) is 8.92. The van der Waals surface area contributed by atoms with Gasteiger partial charge in [0.05, 0.1) is 18.3 Å². The highest BCUT2D eigenvalue weighted by atomic mass is 35.5. The zero-order valence-electron chi connectivity index (χ0n) is 14.5. The molecule has 0 aliphatic carbocycles. The van der Waals surface area contributed by atoms with Crippen molar-refractivity contribution in [2.75, 3.05) is 19.6 Å². The molecule has 4 rings (SSSR count). The van der Waals surface area contributed by atoms with Gasteiger partial charge < -0.3 is 10.2 Å². The van der Waals surface area contributed by atoms with Gasteiger partial charge in [-0.3, -0.25) is 4.79 Å². The summed E-state index contributed by atoms with van der Waals surface area (Å²) in [4.78, 5) is 14.9. The van der Waals surface area contributed by atoms with Crippen LogP contribution < -0.4 is 5.32 Å².